The van der Waals surface area contributed by atoms with E-state index in [2.05, 4.69) is 10.3 Å². The van der Waals surface area contributed by atoms with Crippen molar-refractivity contribution < 1.29 is 18.7 Å². The van der Waals surface area contributed by atoms with Crippen LogP contribution in [-0.2, 0) is 6.54 Å². The number of ether oxygens (including phenoxy) is 2. The van der Waals surface area contributed by atoms with E-state index in [0.717, 1.165) is 11.1 Å². The number of hydrogen-bond acceptors (Lipinski definition) is 7. The number of carbonyl (C=O) groups is 1. The van der Waals surface area contributed by atoms with E-state index in [1.54, 1.807) is 48.7 Å². The number of aliphatic imine (C=N–C) groups is 1. The van der Waals surface area contributed by atoms with Crippen molar-refractivity contribution in [2.45, 2.75) is 20.4 Å². The van der Waals surface area contributed by atoms with E-state index in [1.807, 2.05) is 19.9 Å². The maximum atomic E-state index is 15.1. The van der Waals surface area contributed by atoms with E-state index in [1.165, 1.54) is 20.3 Å². The van der Waals surface area contributed by atoms with Gasteiger partial charge in [-0.2, -0.15) is 0 Å². The van der Waals surface area contributed by atoms with E-state index in [-0.39, 0.29) is 23.8 Å². The van der Waals surface area contributed by atoms with Crippen LogP contribution in [0.25, 0.3) is 11.3 Å². The summed E-state index contributed by atoms with van der Waals surface area (Å²) in [6.07, 6.45) is 1.70. The minimum atomic E-state index is -0.452. The number of rotatable bonds is 7. The number of benzene rings is 3. The van der Waals surface area contributed by atoms with Gasteiger partial charge in [-0.1, -0.05) is 37.6 Å². The average Bonchev–Trinajstić information content (AvgIpc) is 3.08. The summed E-state index contributed by atoms with van der Waals surface area (Å²) in [5, 5.41) is 3.68. The molecule has 0 fully saturated rings. The van der Waals surface area contributed by atoms with Gasteiger partial charge in [0.05, 0.1) is 43.3 Å². The highest BCUT2D eigenvalue weighted by Crippen LogP contribution is 2.36. The van der Waals surface area contributed by atoms with Gasteiger partial charge in [-0.05, 0) is 36.4 Å². The zero-order valence-corrected chi connectivity index (χ0v) is 22.6. The van der Waals surface area contributed by atoms with Crippen molar-refractivity contribution in [2.75, 3.05) is 19.5 Å². The molecule has 9 heteroatoms. The molecule has 0 atom stereocenters. The second-order valence-corrected chi connectivity index (χ2v) is 9.73. The lowest BCUT2D eigenvalue weighted by Gasteiger charge is -2.15. The second kappa shape index (κ2) is 10.8. The van der Waals surface area contributed by atoms with Gasteiger partial charge in [0, 0.05) is 45.6 Å². The number of nitrogens with one attached hydrogen (secondary N) is 1. The van der Waals surface area contributed by atoms with E-state index >= 15 is 4.39 Å². The second-order valence-electron chi connectivity index (χ2n) is 9.30. The van der Waals surface area contributed by atoms with Gasteiger partial charge in [0.25, 0.3) is 0 Å². The van der Waals surface area contributed by atoms with Gasteiger partial charge in [-0.25, -0.2) is 14.4 Å². The zero-order chi connectivity index (χ0) is 27.7. The molecule has 1 aliphatic heterocycles. The smallest absolute Gasteiger partial charge is 0.227 e. The van der Waals surface area contributed by atoms with Crippen LogP contribution in [0.2, 0.25) is 5.02 Å². The van der Waals surface area contributed by atoms with Crippen LogP contribution in [0, 0.1) is 11.7 Å². The molecular formula is C30H26ClFN4O3. The standard InChI is InChI=1S/C30H26ClFN4O3/c1-16(2)29(37)21-11-9-19(13-25(21)39-4)35-30-34-15-17-14-33-28(26-23(32)6-5-7-24(26)38-3)22-12-18(31)8-10-20(22)27(17)36-30/h5-13,15-16H,14H2,1-4H3,(H,34,35,36). The summed E-state index contributed by atoms with van der Waals surface area (Å²) in [6, 6.07) is 15.3. The molecule has 4 aromatic rings. The fourth-order valence-electron chi connectivity index (χ4n) is 4.51. The van der Waals surface area contributed by atoms with Crippen molar-refractivity contribution in [2.24, 2.45) is 10.9 Å². The third kappa shape index (κ3) is 5.07. The number of ketones is 1. The highest BCUT2D eigenvalue weighted by Gasteiger charge is 2.25. The number of anilines is 2. The van der Waals surface area contributed by atoms with Crippen LogP contribution in [-0.4, -0.2) is 35.7 Å². The summed E-state index contributed by atoms with van der Waals surface area (Å²) in [5.41, 5.74) is 4.63. The molecule has 1 aromatic heterocycles. The number of hydrogen-bond donors (Lipinski definition) is 1. The van der Waals surface area contributed by atoms with Gasteiger partial charge in [-0.3, -0.25) is 9.79 Å². The molecule has 0 bridgehead atoms. The molecule has 0 saturated carbocycles. The summed E-state index contributed by atoms with van der Waals surface area (Å²) in [4.78, 5) is 26.6. The minimum absolute atomic E-state index is 0.00256. The van der Waals surface area contributed by atoms with Gasteiger partial charge in [-0.15, -0.1) is 0 Å². The molecule has 0 amide bonds. The molecule has 0 saturated heterocycles. The average molecular weight is 545 g/mol. The van der Waals surface area contributed by atoms with Crippen LogP contribution in [0.15, 0.2) is 65.8 Å². The third-order valence-electron chi connectivity index (χ3n) is 6.44. The lowest BCUT2D eigenvalue weighted by Crippen LogP contribution is -2.10. The predicted octanol–water partition coefficient (Wildman–Crippen LogP) is 6.89. The van der Waals surface area contributed by atoms with Crippen molar-refractivity contribution >= 4 is 34.7 Å². The highest BCUT2D eigenvalue weighted by atomic mass is 35.5. The monoisotopic (exact) mass is 544 g/mol. The van der Waals surface area contributed by atoms with Crippen LogP contribution >= 0.6 is 11.6 Å². The Bertz CT molecular complexity index is 1620. The maximum absolute atomic E-state index is 15.1. The number of methoxy groups -OCH3 is 2. The molecule has 2 heterocycles. The fraction of sp³-hybridized carbons (Fsp3) is 0.200. The Kier molecular flexibility index (Phi) is 7.30. The van der Waals surface area contributed by atoms with Crippen molar-refractivity contribution in [3.63, 3.8) is 0 Å². The summed E-state index contributed by atoms with van der Waals surface area (Å²) >= 11 is 6.38. The molecule has 1 N–H and O–H groups in total. The lowest BCUT2D eigenvalue weighted by molar-refractivity contribution is 0.0936. The number of aromatic nitrogens is 2. The number of Topliss-reactive ketones (excluding diaryl/α,β-unsaturated/α-hetero) is 1. The van der Waals surface area contributed by atoms with Gasteiger partial charge in [0.2, 0.25) is 5.95 Å². The first kappa shape index (κ1) is 26.3. The predicted molar refractivity (Wildman–Crippen MR) is 150 cm³/mol. The SMILES string of the molecule is COc1cc(Nc2ncc3c(n2)-c2ccc(Cl)cc2C(c2c(F)cccc2OC)=NC3)ccc1C(=O)C(C)C. The van der Waals surface area contributed by atoms with E-state index in [9.17, 15) is 4.79 Å². The number of halogens is 2. The molecular weight excluding hydrogens is 519 g/mol. The quantitative estimate of drug-likeness (QED) is 0.255. The van der Waals surface area contributed by atoms with Gasteiger partial charge in [0.1, 0.15) is 17.3 Å². The molecule has 0 radical (unpaired) electrons. The van der Waals surface area contributed by atoms with Crippen molar-refractivity contribution in [1.29, 1.82) is 0 Å². The van der Waals surface area contributed by atoms with Gasteiger partial charge < -0.3 is 14.8 Å². The maximum Gasteiger partial charge on any atom is 0.227 e. The summed E-state index contributed by atoms with van der Waals surface area (Å²) in [6.45, 7) is 3.92. The van der Waals surface area contributed by atoms with E-state index < -0.39 is 5.82 Å². The molecule has 3 aromatic carbocycles. The molecule has 198 valence electrons. The summed E-state index contributed by atoms with van der Waals surface area (Å²) in [5.74, 6) is 0.559. The van der Waals surface area contributed by atoms with Crippen LogP contribution in [0.4, 0.5) is 16.0 Å². The summed E-state index contributed by atoms with van der Waals surface area (Å²) in [7, 11) is 3.02. The Morgan fingerprint density at radius 2 is 1.82 bits per heavy atom. The Morgan fingerprint density at radius 1 is 1.03 bits per heavy atom. The molecule has 0 spiro atoms. The number of carbonyl (C=O) groups excluding carboxylic acids is 1. The number of fused-ring (bicyclic) bond motifs is 3. The van der Waals surface area contributed by atoms with Crippen molar-refractivity contribution in [3.8, 4) is 22.8 Å². The molecule has 7 nitrogen and oxygen atoms in total. The molecule has 0 aliphatic carbocycles. The Labute approximate surface area is 230 Å². The van der Waals surface area contributed by atoms with Gasteiger partial charge in [0.15, 0.2) is 5.78 Å². The molecule has 0 unspecified atom stereocenters. The molecule has 39 heavy (non-hydrogen) atoms. The normalized spacial score (nSPS) is 12.2. The fourth-order valence-corrected chi connectivity index (χ4v) is 4.69. The first-order chi connectivity index (χ1) is 18.8. The molecule has 5 rings (SSSR count). The Balaban J connectivity index is 1.57. The number of nitrogens with zero attached hydrogens (tertiary/aromatic N) is 3. The zero-order valence-electron chi connectivity index (χ0n) is 21.9. The minimum Gasteiger partial charge on any atom is -0.496 e. The van der Waals surface area contributed by atoms with Gasteiger partial charge >= 0.3 is 0 Å². The van der Waals surface area contributed by atoms with Crippen molar-refractivity contribution in [1.82, 2.24) is 9.97 Å². The Morgan fingerprint density at radius 3 is 2.56 bits per heavy atom. The first-order valence-electron chi connectivity index (χ1n) is 12.3. The van der Waals surface area contributed by atoms with Crippen LogP contribution in [0.3, 0.4) is 0 Å². The summed E-state index contributed by atoms with van der Waals surface area (Å²) < 4.78 is 26.0. The van der Waals surface area contributed by atoms with E-state index in [4.69, 9.17) is 31.1 Å². The first-order valence-corrected chi connectivity index (χ1v) is 12.7. The Hall–Kier alpha value is -4.30. The third-order valence-corrected chi connectivity index (χ3v) is 6.68. The topological polar surface area (TPSA) is 85.7 Å². The van der Waals surface area contributed by atoms with E-state index in [0.29, 0.717) is 50.7 Å². The van der Waals surface area contributed by atoms with Crippen LogP contribution in [0.1, 0.15) is 40.9 Å². The van der Waals surface area contributed by atoms with Crippen LogP contribution in [0.5, 0.6) is 11.5 Å². The van der Waals surface area contributed by atoms with Crippen molar-refractivity contribution in [3.05, 3.63) is 93.9 Å². The lowest BCUT2D eigenvalue weighted by atomic mass is 9.94. The van der Waals surface area contributed by atoms with Crippen LogP contribution < -0.4 is 14.8 Å². The highest BCUT2D eigenvalue weighted by molar-refractivity contribution is 6.31. The largest absolute Gasteiger partial charge is 0.496 e. The molecule has 1 aliphatic rings.